The summed E-state index contributed by atoms with van der Waals surface area (Å²) in [6, 6.07) is 5.82. The summed E-state index contributed by atoms with van der Waals surface area (Å²) in [5.41, 5.74) is 2.68. The van der Waals surface area contributed by atoms with E-state index in [9.17, 15) is 9.90 Å². The minimum atomic E-state index is -0.476. The number of amides is 1. The number of hydrogen-bond acceptors (Lipinski definition) is 2. The van der Waals surface area contributed by atoms with Crippen LogP contribution in [0.15, 0.2) is 18.2 Å². The van der Waals surface area contributed by atoms with Gasteiger partial charge in [-0.2, -0.15) is 0 Å². The first-order valence-corrected chi connectivity index (χ1v) is 7.21. The molecule has 0 aromatic heterocycles. The predicted molar refractivity (Wildman–Crippen MR) is 76.1 cm³/mol. The molecule has 1 aromatic rings. The number of carbonyl (C=O) groups excluding carboxylic acids is 1. The molecule has 1 amide bonds. The Hall–Kier alpha value is -1.35. The highest BCUT2D eigenvalue weighted by Crippen LogP contribution is 2.26. The molecule has 2 rings (SSSR count). The van der Waals surface area contributed by atoms with Crippen LogP contribution in [0.1, 0.15) is 60.7 Å². The molecular formula is C16H23NO2. The molecule has 2 unspecified atom stereocenters. The van der Waals surface area contributed by atoms with E-state index in [-0.39, 0.29) is 5.91 Å². The van der Waals surface area contributed by atoms with E-state index in [1.165, 1.54) is 0 Å². The van der Waals surface area contributed by atoms with Gasteiger partial charge in [-0.15, -0.1) is 0 Å². The van der Waals surface area contributed by atoms with Crippen molar-refractivity contribution in [2.75, 3.05) is 6.54 Å². The van der Waals surface area contributed by atoms with Crippen molar-refractivity contribution in [1.29, 1.82) is 0 Å². The van der Waals surface area contributed by atoms with Gasteiger partial charge in [0.2, 0.25) is 0 Å². The SMILES string of the molecule is CCC(C)CC(O)c1ccc2c(c1)C(=O)NCCC2. The van der Waals surface area contributed by atoms with Crippen LogP contribution in [-0.2, 0) is 6.42 Å². The first-order chi connectivity index (χ1) is 9.11. The zero-order valence-electron chi connectivity index (χ0n) is 11.8. The molecule has 1 aliphatic rings. The van der Waals surface area contributed by atoms with Gasteiger partial charge in [0.15, 0.2) is 0 Å². The second kappa shape index (κ2) is 6.20. The van der Waals surface area contributed by atoms with Crippen molar-refractivity contribution in [3.63, 3.8) is 0 Å². The van der Waals surface area contributed by atoms with Crippen LogP contribution < -0.4 is 5.32 Å². The lowest BCUT2D eigenvalue weighted by atomic mass is 9.93. The summed E-state index contributed by atoms with van der Waals surface area (Å²) in [5.74, 6) is 0.479. The summed E-state index contributed by atoms with van der Waals surface area (Å²) < 4.78 is 0. The van der Waals surface area contributed by atoms with E-state index in [1.807, 2.05) is 18.2 Å². The Morgan fingerprint density at radius 1 is 1.42 bits per heavy atom. The maximum Gasteiger partial charge on any atom is 0.251 e. The summed E-state index contributed by atoms with van der Waals surface area (Å²) in [6.07, 6.45) is 3.24. The summed E-state index contributed by atoms with van der Waals surface area (Å²) in [4.78, 5) is 12.0. The fourth-order valence-electron chi connectivity index (χ4n) is 2.49. The minimum Gasteiger partial charge on any atom is -0.388 e. The molecule has 1 heterocycles. The molecule has 1 aromatic carbocycles. The Morgan fingerprint density at radius 2 is 2.21 bits per heavy atom. The van der Waals surface area contributed by atoms with Gasteiger partial charge in [-0.3, -0.25) is 4.79 Å². The van der Waals surface area contributed by atoms with Gasteiger partial charge in [0.05, 0.1) is 6.10 Å². The van der Waals surface area contributed by atoms with Crippen molar-refractivity contribution >= 4 is 5.91 Å². The number of benzene rings is 1. The number of hydrogen-bond donors (Lipinski definition) is 2. The van der Waals surface area contributed by atoms with E-state index in [1.54, 1.807) is 0 Å². The summed E-state index contributed by atoms with van der Waals surface area (Å²) >= 11 is 0. The van der Waals surface area contributed by atoms with E-state index < -0.39 is 6.10 Å². The highest BCUT2D eigenvalue weighted by molar-refractivity contribution is 5.96. The second-order valence-corrected chi connectivity index (χ2v) is 5.54. The molecule has 3 heteroatoms. The topological polar surface area (TPSA) is 49.3 Å². The molecule has 0 saturated carbocycles. The number of aryl methyl sites for hydroxylation is 1. The van der Waals surface area contributed by atoms with Crippen LogP contribution in [0.3, 0.4) is 0 Å². The van der Waals surface area contributed by atoms with Crippen molar-refractivity contribution in [3.05, 3.63) is 34.9 Å². The normalized spacial score (nSPS) is 18.2. The standard InChI is InChI=1S/C16H23NO2/c1-3-11(2)9-15(18)13-7-6-12-5-4-8-17-16(19)14(12)10-13/h6-7,10-11,15,18H,3-5,8-9H2,1-2H3,(H,17,19). The van der Waals surface area contributed by atoms with Gasteiger partial charge >= 0.3 is 0 Å². The van der Waals surface area contributed by atoms with Crippen molar-refractivity contribution in [2.24, 2.45) is 5.92 Å². The maximum absolute atomic E-state index is 12.0. The molecule has 1 aliphatic heterocycles. The minimum absolute atomic E-state index is 0.00918. The molecule has 0 bridgehead atoms. The van der Waals surface area contributed by atoms with E-state index in [4.69, 9.17) is 0 Å². The molecule has 0 aliphatic carbocycles. The van der Waals surface area contributed by atoms with Crippen LogP contribution >= 0.6 is 0 Å². The zero-order valence-corrected chi connectivity index (χ0v) is 11.8. The molecule has 0 saturated heterocycles. The fraction of sp³-hybridized carbons (Fsp3) is 0.562. The summed E-state index contributed by atoms with van der Waals surface area (Å²) in [6.45, 7) is 5.00. The van der Waals surface area contributed by atoms with Gasteiger partial charge in [-0.05, 0) is 42.4 Å². The average Bonchev–Trinajstić information content (AvgIpc) is 2.60. The zero-order chi connectivity index (χ0) is 13.8. The maximum atomic E-state index is 12.0. The molecular weight excluding hydrogens is 238 g/mol. The second-order valence-electron chi connectivity index (χ2n) is 5.54. The van der Waals surface area contributed by atoms with Crippen LogP contribution in [0.25, 0.3) is 0 Å². The number of nitrogens with one attached hydrogen (secondary N) is 1. The third-order valence-corrected chi connectivity index (χ3v) is 3.99. The monoisotopic (exact) mass is 261 g/mol. The molecule has 19 heavy (non-hydrogen) atoms. The number of rotatable bonds is 4. The van der Waals surface area contributed by atoms with E-state index in [2.05, 4.69) is 19.2 Å². The lowest BCUT2D eigenvalue weighted by Gasteiger charge is -2.17. The van der Waals surface area contributed by atoms with Crippen LogP contribution in [0, 0.1) is 5.92 Å². The van der Waals surface area contributed by atoms with Gasteiger partial charge in [0, 0.05) is 12.1 Å². The Labute approximate surface area is 115 Å². The summed E-state index contributed by atoms with van der Waals surface area (Å²) in [5, 5.41) is 13.1. The predicted octanol–water partition coefficient (Wildman–Crippen LogP) is 2.83. The average molecular weight is 261 g/mol. The Kier molecular flexibility index (Phi) is 4.59. The van der Waals surface area contributed by atoms with Crippen LogP contribution in [0.4, 0.5) is 0 Å². The Balaban J connectivity index is 2.22. The third-order valence-electron chi connectivity index (χ3n) is 3.99. The molecule has 0 radical (unpaired) electrons. The van der Waals surface area contributed by atoms with E-state index >= 15 is 0 Å². The number of aliphatic hydroxyl groups is 1. The largest absolute Gasteiger partial charge is 0.388 e. The van der Waals surface area contributed by atoms with Crippen LogP contribution in [-0.4, -0.2) is 17.6 Å². The Bertz CT molecular complexity index is 456. The van der Waals surface area contributed by atoms with Crippen molar-refractivity contribution in [1.82, 2.24) is 5.32 Å². The number of fused-ring (bicyclic) bond motifs is 1. The van der Waals surface area contributed by atoms with Crippen molar-refractivity contribution in [3.8, 4) is 0 Å². The van der Waals surface area contributed by atoms with Gasteiger partial charge < -0.3 is 10.4 Å². The van der Waals surface area contributed by atoms with Gasteiger partial charge in [0.25, 0.3) is 5.91 Å². The first-order valence-electron chi connectivity index (χ1n) is 7.21. The molecule has 3 nitrogen and oxygen atoms in total. The first kappa shape index (κ1) is 14.1. The fourth-order valence-corrected chi connectivity index (χ4v) is 2.49. The Morgan fingerprint density at radius 3 is 2.95 bits per heavy atom. The molecule has 0 spiro atoms. The molecule has 2 atom stereocenters. The van der Waals surface area contributed by atoms with Crippen molar-refractivity contribution < 1.29 is 9.90 Å². The quantitative estimate of drug-likeness (QED) is 0.875. The van der Waals surface area contributed by atoms with Gasteiger partial charge in [-0.1, -0.05) is 32.4 Å². The number of carbonyl (C=O) groups is 1. The molecule has 2 N–H and O–H groups in total. The van der Waals surface area contributed by atoms with Crippen molar-refractivity contribution in [2.45, 2.75) is 45.6 Å². The van der Waals surface area contributed by atoms with E-state index in [0.29, 0.717) is 5.92 Å². The lowest BCUT2D eigenvalue weighted by molar-refractivity contribution is 0.0955. The van der Waals surface area contributed by atoms with Gasteiger partial charge in [-0.25, -0.2) is 0 Å². The van der Waals surface area contributed by atoms with Gasteiger partial charge in [0.1, 0.15) is 0 Å². The smallest absolute Gasteiger partial charge is 0.251 e. The molecule has 104 valence electrons. The molecule has 0 fully saturated rings. The number of aliphatic hydroxyl groups excluding tert-OH is 1. The van der Waals surface area contributed by atoms with Crippen LogP contribution in [0.5, 0.6) is 0 Å². The highest BCUT2D eigenvalue weighted by atomic mass is 16.3. The van der Waals surface area contributed by atoms with E-state index in [0.717, 1.165) is 48.9 Å². The third kappa shape index (κ3) is 3.35. The lowest BCUT2D eigenvalue weighted by Crippen LogP contribution is -2.22. The van der Waals surface area contributed by atoms with Crippen LogP contribution in [0.2, 0.25) is 0 Å². The summed E-state index contributed by atoms with van der Waals surface area (Å²) in [7, 11) is 0. The highest BCUT2D eigenvalue weighted by Gasteiger charge is 2.18.